The van der Waals surface area contributed by atoms with Crippen molar-refractivity contribution in [1.82, 2.24) is 9.80 Å². The van der Waals surface area contributed by atoms with E-state index < -0.39 is 5.60 Å². The number of piperazine rings is 1. The lowest BCUT2D eigenvalue weighted by molar-refractivity contribution is -0.00622. The lowest BCUT2D eigenvalue weighted by atomic mass is 10.1. The second-order valence-corrected chi connectivity index (χ2v) is 7.80. The van der Waals surface area contributed by atoms with Gasteiger partial charge in [-0.05, 0) is 45.1 Å². The Morgan fingerprint density at radius 1 is 1.17 bits per heavy atom. The van der Waals surface area contributed by atoms with Crippen molar-refractivity contribution in [2.45, 2.75) is 51.8 Å². The van der Waals surface area contributed by atoms with Gasteiger partial charge in [-0.15, -0.1) is 0 Å². The Morgan fingerprint density at radius 3 is 2.48 bits per heavy atom. The smallest absolute Gasteiger partial charge is 0.410 e. The van der Waals surface area contributed by atoms with Gasteiger partial charge in [-0.3, -0.25) is 4.90 Å². The zero-order chi connectivity index (χ0) is 16.4. The van der Waals surface area contributed by atoms with Crippen LogP contribution in [-0.2, 0) is 11.3 Å². The highest BCUT2D eigenvalue weighted by Gasteiger charge is 2.42. The molecule has 1 unspecified atom stereocenters. The Hall–Kier alpha value is -1.55. The maximum Gasteiger partial charge on any atom is 0.410 e. The van der Waals surface area contributed by atoms with Gasteiger partial charge >= 0.3 is 6.09 Å². The van der Waals surface area contributed by atoms with Crippen LogP contribution in [0.1, 0.15) is 39.2 Å². The summed E-state index contributed by atoms with van der Waals surface area (Å²) in [6.45, 7) is 9.40. The van der Waals surface area contributed by atoms with E-state index >= 15 is 0 Å². The first-order valence-corrected chi connectivity index (χ1v) is 8.68. The maximum atomic E-state index is 12.5. The predicted molar refractivity (Wildman–Crippen MR) is 91.2 cm³/mol. The van der Waals surface area contributed by atoms with Crippen molar-refractivity contribution in [1.29, 1.82) is 0 Å². The number of hydrogen-bond acceptors (Lipinski definition) is 3. The number of nitrogens with zero attached hydrogens (tertiary/aromatic N) is 2. The van der Waals surface area contributed by atoms with Crippen LogP contribution in [0.5, 0.6) is 0 Å². The summed E-state index contributed by atoms with van der Waals surface area (Å²) in [6.07, 6.45) is 2.33. The fourth-order valence-electron chi connectivity index (χ4n) is 3.29. The molecule has 1 aliphatic carbocycles. The Labute approximate surface area is 139 Å². The standard InChI is InChI=1S/C19H28N2O2/c1-19(2,3)23-18(22)21-12-11-20(14-17(21)16-9-10-16)13-15-7-5-4-6-8-15/h4-8,16-17H,9-14H2,1-3H3. The van der Waals surface area contributed by atoms with Gasteiger partial charge in [0.05, 0.1) is 6.04 Å². The summed E-state index contributed by atoms with van der Waals surface area (Å²) in [6, 6.07) is 10.9. The number of ether oxygens (including phenoxy) is 1. The van der Waals surface area contributed by atoms with E-state index in [1.54, 1.807) is 0 Å². The molecule has 2 fully saturated rings. The molecular weight excluding hydrogens is 288 g/mol. The summed E-state index contributed by atoms with van der Waals surface area (Å²) < 4.78 is 5.61. The summed E-state index contributed by atoms with van der Waals surface area (Å²) in [5, 5.41) is 0. The normalized spacial score (nSPS) is 22.9. The molecule has 0 radical (unpaired) electrons. The molecule has 0 N–H and O–H groups in total. The first kappa shape index (κ1) is 16.3. The number of amides is 1. The molecule has 0 aromatic heterocycles. The van der Waals surface area contributed by atoms with E-state index in [1.165, 1.54) is 18.4 Å². The Morgan fingerprint density at radius 2 is 1.87 bits per heavy atom. The van der Waals surface area contributed by atoms with Gasteiger partial charge in [-0.1, -0.05) is 30.3 Å². The summed E-state index contributed by atoms with van der Waals surface area (Å²) in [5.74, 6) is 0.654. The van der Waals surface area contributed by atoms with Crippen molar-refractivity contribution < 1.29 is 9.53 Å². The van der Waals surface area contributed by atoms with E-state index in [1.807, 2.05) is 25.7 Å². The van der Waals surface area contributed by atoms with Crippen molar-refractivity contribution in [3.05, 3.63) is 35.9 Å². The van der Waals surface area contributed by atoms with Crippen LogP contribution in [0.2, 0.25) is 0 Å². The zero-order valence-electron chi connectivity index (χ0n) is 14.5. The van der Waals surface area contributed by atoms with Crippen molar-refractivity contribution in [2.75, 3.05) is 19.6 Å². The van der Waals surface area contributed by atoms with Gasteiger partial charge < -0.3 is 9.64 Å². The van der Waals surface area contributed by atoms with E-state index in [0.717, 1.165) is 26.2 Å². The van der Waals surface area contributed by atoms with Gasteiger partial charge in [0, 0.05) is 26.2 Å². The summed E-state index contributed by atoms with van der Waals surface area (Å²) in [7, 11) is 0. The number of hydrogen-bond donors (Lipinski definition) is 0. The largest absolute Gasteiger partial charge is 0.444 e. The van der Waals surface area contributed by atoms with Crippen molar-refractivity contribution >= 4 is 6.09 Å². The summed E-state index contributed by atoms with van der Waals surface area (Å²) >= 11 is 0. The third-order valence-electron chi connectivity index (χ3n) is 4.55. The van der Waals surface area contributed by atoms with Crippen LogP contribution < -0.4 is 0 Å². The van der Waals surface area contributed by atoms with Gasteiger partial charge in [0.15, 0.2) is 0 Å². The molecule has 1 saturated heterocycles. The van der Waals surface area contributed by atoms with Crippen molar-refractivity contribution in [3.63, 3.8) is 0 Å². The Kier molecular flexibility index (Phi) is 4.62. The van der Waals surface area contributed by atoms with E-state index in [0.29, 0.717) is 12.0 Å². The predicted octanol–water partition coefficient (Wildman–Crippen LogP) is 3.52. The van der Waals surface area contributed by atoms with Gasteiger partial charge in [0.2, 0.25) is 0 Å². The average Bonchev–Trinajstić information content (AvgIpc) is 3.31. The van der Waals surface area contributed by atoms with Crippen LogP contribution in [0.15, 0.2) is 30.3 Å². The van der Waals surface area contributed by atoms with E-state index in [4.69, 9.17) is 4.74 Å². The quantitative estimate of drug-likeness (QED) is 0.855. The first-order valence-electron chi connectivity index (χ1n) is 8.68. The minimum Gasteiger partial charge on any atom is -0.444 e. The van der Waals surface area contributed by atoms with Gasteiger partial charge in [-0.2, -0.15) is 0 Å². The van der Waals surface area contributed by atoms with E-state index in [-0.39, 0.29) is 6.09 Å². The molecular formula is C19H28N2O2. The molecule has 2 aliphatic rings. The lowest BCUT2D eigenvalue weighted by Crippen LogP contribution is -2.56. The Bertz CT molecular complexity index is 534. The van der Waals surface area contributed by atoms with Gasteiger partial charge in [-0.25, -0.2) is 4.79 Å². The molecule has 3 rings (SSSR count). The minimum absolute atomic E-state index is 0.145. The molecule has 4 nitrogen and oxygen atoms in total. The molecule has 1 amide bonds. The van der Waals surface area contributed by atoms with Crippen molar-refractivity contribution in [3.8, 4) is 0 Å². The highest BCUT2D eigenvalue weighted by Crippen LogP contribution is 2.37. The highest BCUT2D eigenvalue weighted by molar-refractivity contribution is 5.69. The molecule has 0 bridgehead atoms. The highest BCUT2D eigenvalue weighted by atomic mass is 16.6. The molecule has 4 heteroatoms. The van der Waals surface area contributed by atoms with Crippen LogP contribution in [-0.4, -0.2) is 47.2 Å². The van der Waals surface area contributed by atoms with Crippen LogP contribution in [0.3, 0.4) is 0 Å². The second kappa shape index (κ2) is 6.52. The molecule has 1 atom stereocenters. The number of carbonyl (C=O) groups excluding carboxylic acids is 1. The molecule has 1 aliphatic heterocycles. The molecule has 23 heavy (non-hydrogen) atoms. The van der Waals surface area contributed by atoms with E-state index in [2.05, 4.69) is 35.2 Å². The number of rotatable bonds is 3. The fraction of sp³-hybridized carbons (Fsp3) is 0.632. The van der Waals surface area contributed by atoms with Crippen LogP contribution >= 0.6 is 0 Å². The SMILES string of the molecule is CC(C)(C)OC(=O)N1CCN(Cc2ccccc2)CC1C1CC1. The first-order chi connectivity index (χ1) is 10.9. The Balaban J connectivity index is 1.63. The molecule has 1 aromatic carbocycles. The van der Waals surface area contributed by atoms with Gasteiger partial charge in [0.25, 0.3) is 0 Å². The molecule has 0 spiro atoms. The summed E-state index contributed by atoms with van der Waals surface area (Å²) in [4.78, 5) is 17.0. The molecule has 1 saturated carbocycles. The molecule has 1 heterocycles. The van der Waals surface area contributed by atoms with Crippen LogP contribution in [0, 0.1) is 5.92 Å². The van der Waals surface area contributed by atoms with Crippen LogP contribution in [0.4, 0.5) is 4.79 Å². The van der Waals surface area contributed by atoms with E-state index in [9.17, 15) is 4.79 Å². The second-order valence-electron chi connectivity index (χ2n) is 7.80. The molecule has 1 aromatic rings. The zero-order valence-corrected chi connectivity index (χ0v) is 14.5. The minimum atomic E-state index is -0.424. The molecule has 126 valence electrons. The monoisotopic (exact) mass is 316 g/mol. The fourth-order valence-corrected chi connectivity index (χ4v) is 3.29. The third kappa shape index (κ3) is 4.47. The van der Waals surface area contributed by atoms with Crippen LogP contribution in [0.25, 0.3) is 0 Å². The average molecular weight is 316 g/mol. The lowest BCUT2D eigenvalue weighted by Gasteiger charge is -2.42. The number of benzene rings is 1. The maximum absolute atomic E-state index is 12.5. The topological polar surface area (TPSA) is 32.8 Å². The number of carbonyl (C=O) groups is 1. The summed E-state index contributed by atoms with van der Waals surface area (Å²) in [5.41, 5.74) is 0.916. The third-order valence-corrected chi connectivity index (χ3v) is 4.55. The van der Waals surface area contributed by atoms with Crippen molar-refractivity contribution in [2.24, 2.45) is 5.92 Å². The van der Waals surface area contributed by atoms with Gasteiger partial charge in [0.1, 0.15) is 5.60 Å².